The van der Waals surface area contributed by atoms with Crippen LogP contribution in [0.5, 0.6) is 11.5 Å². The first-order chi connectivity index (χ1) is 33.7. The van der Waals surface area contributed by atoms with Crippen LogP contribution in [0, 0.1) is 11.6 Å². The van der Waals surface area contributed by atoms with Gasteiger partial charge in [-0.2, -0.15) is 13.2 Å². The first-order valence-electron chi connectivity index (χ1n) is 21.9. The van der Waals surface area contributed by atoms with E-state index in [4.69, 9.17) is 85.1 Å². The fraction of sp³-hybridized carbons (Fsp3) is 0.354. The molecule has 2 saturated carbocycles. The molecule has 14 nitrogen and oxygen atoms in total. The number of halogens is 9. The lowest BCUT2D eigenvalue weighted by Crippen LogP contribution is -2.39. The Balaban J connectivity index is 0.000000178. The van der Waals surface area contributed by atoms with Crippen molar-refractivity contribution >= 4 is 86.1 Å². The Morgan fingerprint density at radius 1 is 0.704 bits per heavy atom. The number of carbonyl (C=O) groups is 3. The molecule has 0 spiro atoms. The summed E-state index contributed by atoms with van der Waals surface area (Å²) in [5, 5.41) is 29.5. The summed E-state index contributed by atoms with van der Waals surface area (Å²) in [5.41, 5.74) is 7.11. The van der Waals surface area contributed by atoms with Gasteiger partial charge in [-0.1, -0.05) is 46.4 Å². The number of nitrogens with two attached hydrogens (primary N) is 1. The van der Waals surface area contributed by atoms with E-state index in [0.717, 1.165) is 55.9 Å². The molecular formula is C48H47Cl4F5N4O10. The van der Waals surface area contributed by atoms with Crippen molar-refractivity contribution in [1.82, 2.24) is 16.0 Å². The van der Waals surface area contributed by atoms with Gasteiger partial charge in [0.15, 0.2) is 11.5 Å². The maximum absolute atomic E-state index is 13.4. The Kier molecular flexibility index (Phi) is 19.6. The zero-order valence-electron chi connectivity index (χ0n) is 37.3. The highest BCUT2D eigenvalue weighted by Gasteiger charge is 2.38. The molecule has 6 atom stereocenters. The van der Waals surface area contributed by atoms with Crippen LogP contribution in [0.15, 0.2) is 93.8 Å². The molecule has 4 unspecified atom stereocenters. The third kappa shape index (κ3) is 17.4. The molecule has 2 amide bonds. The molecule has 0 radical (unpaired) electrons. The lowest BCUT2D eigenvalue weighted by atomic mass is 10.2. The summed E-state index contributed by atoms with van der Waals surface area (Å²) in [4.78, 5) is 33.5. The van der Waals surface area contributed by atoms with E-state index in [2.05, 4.69) is 16.0 Å². The number of benzene rings is 4. The number of furan rings is 2. The van der Waals surface area contributed by atoms with E-state index in [1.165, 1.54) is 24.3 Å². The van der Waals surface area contributed by atoms with Crippen molar-refractivity contribution < 1.29 is 69.6 Å². The quantitative estimate of drug-likeness (QED) is 0.0471. The van der Waals surface area contributed by atoms with E-state index in [1.54, 1.807) is 60.7 Å². The van der Waals surface area contributed by atoms with Crippen molar-refractivity contribution in [2.24, 2.45) is 5.73 Å². The fourth-order valence-corrected chi connectivity index (χ4v) is 7.85. The van der Waals surface area contributed by atoms with Crippen molar-refractivity contribution in [3.63, 3.8) is 0 Å². The first kappa shape index (κ1) is 54.9. The molecule has 2 aliphatic carbocycles. The van der Waals surface area contributed by atoms with Crippen LogP contribution in [0.3, 0.4) is 0 Å². The summed E-state index contributed by atoms with van der Waals surface area (Å²) >= 11 is 23.0. The van der Waals surface area contributed by atoms with Gasteiger partial charge in [0.2, 0.25) is 0 Å². The van der Waals surface area contributed by atoms with Gasteiger partial charge in [-0.15, -0.1) is 0 Å². The molecule has 0 bridgehead atoms. The number of carboxylic acids is 1. The topological polar surface area (TPSA) is 211 Å². The van der Waals surface area contributed by atoms with Crippen LogP contribution in [-0.2, 0) is 9.53 Å². The van der Waals surface area contributed by atoms with Crippen LogP contribution in [0.25, 0.3) is 21.9 Å². The third-order valence-electron chi connectivity index (χ3n) is 10.9. The Morgan fingerprint density at radius 3 is 1.65 bits per heavy atom. The highest BCUT2D eigenvalue weighted by atomic mass is 35.5. The lowest BCUT2D eigenvalue weighted by molar-refractivity contribution is -0.192. The van der Waals surface area contributed by atoms with E-state index in [9.17, 15) is 36.6 Å². The number of aliphatic carboxylic acids is 1. The third-order valence-corrected chi connectivity index (χ3v) is 12.0. The zero-order chi connectivity index (χ0) is 51.4. The van der Waals surface area contributed by atoms with Crippen molar-refractivity contribution in [2.75, 3.05) is 26.4 Å². The number of alkyl halides is 3. The number of hydrogen-bond acceptors (Lipinski definition) is 11. The van der Waals surface area contributed by atoms with Crippen LogP contribution in [0.4, 0.5) is 22.0 Å². The molecule has 3 aliphatic rings. The van der Waals surface area contributed by atoms with Gasteiger partial charge in [-0.3, -0.25) is 9.59 Å². The maximum Gasteiger partial charge on any atom is 0.490 e. The first-order valence-corrected chi connectivity index (χ1v) is 23.4. The van der Waals surface area contributed by atoms with Gasteiger partial charge in [0, 0.05) is 63.7 Å². The number of rotatable bonds is 13. The van der Waals surface area contributed by atoms with Crippen molar-refractivity contribution in [3.8, 4) is 11.5 Å². The standard InChI is InChI=1S/C23H23Cl2FN2O4.C14H15ClN2O2.C9H8ClFO2.C2HF3O2/c24-14-1-6-21-13(7-14)8-22(32-21)23(30)28-16-3-2-15(9-16)27-11-17(29)12-31-18-4-5-19(25)20(26)10-18;15-9-1-4-12-8(5-9)6-13(19-12)14(18)17-11-3-2-10(16)7-11;10-8-2-1-6(3-9(8)11)12-4-7-5-13-7;3-2(4,5)1(6)7/h1,4-8,10,15-17,27,29H,2-3,9,11-12H2,(H,28,30);1,4-6,10-11H,2-3,7,16H2,(H,17,18);1-3,7H,4-5H2;(H,6,7)/t15?,16?,17-;;7-;/m0.1./s1. The zero-order valence-corrected chi connectivity index (χ0v) is 40.3. The van der Waals surface area contributed by atoms with Crippen LogP contribution in [-0.4, -0.2) is 96.9 Å². The van der Waals surface area contributed by atoms with E-state index >= 15 is 0 Å². The summed E-state index contributed by atoms with van der Waals surface area (Å²) in [6.45, 7) is 1.56. The summed E-state index contributed by atoms with van der Waals surface area (Å²) in [6.07, 6.45) is -0.503. The Labute approximate surface area is 422 Å². The molecule has 1 saturated heterocycles. The van der Waals surface area contributed by atoms with Gasteiger partial charge in [0.25, 0.3) is 11.8 Å². The smallest absolute Gasteiger partial charge is 0.490 e. The number of epoxide rings is 1. The number of aliphatic hydroxyl groups is 1. The summed E-state index contributed by atoms with van der Waals surface area (Å²) in [5.74, 6) is -2.87. The molecule has 2 aromatic heterocycles. The van der Waals surface area contributed by atoms with Crippen LogP contribution < -0.4 is 31.2 Å². The monoisotopic (exact) mass is 1070 g/mol. The predicted molar refractivity (Wildman–Crippen MR) is 256 cm³/mol. The summed E-state index contributed by atoms with van der Waals surface area (Å²) < 4.78 is 84.8. The van der Waals surface area contributed by atoms with E-state index in [0.29, 0.717) is 51.6 Å². The van der Waals surface area contributed by atoms with Crippen LogP contribution in [0.1, 0.15) is 59.6 Å². The molecule has 3 fully saturated rings. The Hall–Kier alpha value is -5.38. The van der Waals surface area contributed by atoms with Crippen molar-refractivity contribution in [1.29, 1.82) is 0 Å². The molecular weight excluding hydrogens is 1030 g/mol. The van der Waals surface area contributed by atoms with Gasteiger partial charge >= 0.3 is 12.1 Å². The van der Waals surface area contributed by atoms with Crippen molar-refractivity contribution in [2.45, 2.75) is 81.1 Å². The second kappa shape index (κ2) is 25.3. The molecule has 4 aromatic carbocycles. The molecule has 1 aliphatic heterocycles. The van der Waals surface area contributed by atoms with Crippen LogP contribution >= 0.6 is 46.4 Å². The number of fused-ring (bicyclic) bond motifs is 2. The Morgan fingerprint density at radius 2 is 1.18 bits per heavy atom. The molecule has 6 aromatic rings. The number of carbonyl (C=O) groups excluding carboxylic acids is 2. The minimum absolute atomic E-state index is 0.0160. The molecule has 382 valence electrons. The molecule has 7 N–H and O–H groups in total. The highest BCUT2D eigenvalue weighted by molar-refractivity contribution is 6.32. The molecule has 71 heavy (non-hydrogen) atoms. The van der Waals surface area contributed by atoms with Crippen molar-refractivity contribution in [3.05, 3.63) is 128 Å². The molecule has 9 rings (SSSR count). The number of carboxylic acid groups (broad SMARTS) is 1. The number of amides is 2. The second-order valence-corrected chi connectivity index (χ2v) is 18.3. The van der Waals surface area contributed by atoms with Gasteiger partial charge < -0.3 is 54.9 Å². The van der Waals surface area contributed by atoms with E-state index in [1.807, 2.05) is 0 Å². The van der Waals surface area contributed by atoms with E-state index in [-0.39, 0.29) is 64.5 Å². The average Bonchev–Trinajstić information content (AvgIpc) is 3.62. The number of ether oxygens (including phenoxy) is 3. The largest absolute Gasteiger partial charge is 0.491 e. The average molecular weight is 1080 g/mol. The number of hydrogen-bond donors (Lipinski definition) is 6. The van der Waals surface area contributed by atoms with Crippen LogP contribution in [0.2, 0.25) is 20.1 Å². The van der Waals surface area contributed by atoms with Gasteiger partial charge in [-0.25, -0.2) is 13.6 Å². The lowest BCUT2D eigenvalue weighted by Gasteiger charge is -2.17. The minimum atomic E-state index is -5.08. The number of aliphatic hydroxyl groups excluding tert-OH is 1. The normalized spacial score (nSPS) is 19.6. The van der Waals surface area contributed by atoms with E-state index < -0.39 is 29.9 Å². The minimum Gasteiger partial charge on any atom is -0.491 e. The maximum atomic E-state index is 13.4. The second-order valence-electron chi connectivity index (χ2n) is 16.6. The fourth-order valence-electron chi connectivity index (χ4n) is 7.25. The SMILES string of the molecule is Fc1cc(OC[C@@H]2CO2)ccc1Cl.NC1CCC(NC(=O)c2cc3cc(Cl)ccc3o2)C1.O=C(NC1CCC(NC[C@H](O)COc2ccc(Cl)c(F)c2)C1)c1cc2cc(Cl)ccc2o1.O=C(O)C(F)(F)F. The number of nitrogens with one attached hydrogen (secondary N) is 3. The molecule has 3 heterocycles. The van der Waals surface area contributed by atoms with Gasteiger partial charge in [-0.05, 0) is 111 Å². The summed E-state index contributed by atoms with van der Waals surface area (Å²) in [6, 6.07) is 22.9. The highest BCUT2D eigenvalue weighted by Crippen LogP contribution is 2.27. The Bertz CT molecular complexity index is 2780. The predicted octanol–water partition coefficient (Wildman–Crippen LogP) is 10.1. The summed E-state index contributed by atoms with van der Waals surface area (Å²) in [7, 11) is 0. The molecule has 23 heteroatoms. The van der Waals surface area contributed by atoms with Gasteiger partial charge in [0.1, 0.15) is 59.7 Å². The van der Waals surface area contributed by atoms with Gasteiger partial charge in [0.05, 0.1) is 16.7 Å².